The Morgan fingerprint density at radius 3 is 2.62 bits per heavy atom. The third-order valence-electron chi connectivity index (χ3n) is 3.57. The fourth-order valence-electron chi connectivity index (χ4n) is 2.70. The standard InChI is InChI=1S/C17H19ClN2O/c1-17(2)11-20(10-12-3-5-13(18)6-4-12)15-8-7-14(19)9-16(15)21-17/h3-9H,10-11,19H2,1-2H3. The normalized spacial score (nSPS) is 16.2. The van der Waals surface area contributed by atoms with E-state index in [0.717, 1.165) is 35.2 Å². The molecule has 0 aromatic heterocycles. The molecule has 110 valence electrons. The molecule has 0 radical (unpaired) electrons. The SMILES string of the molecule is CC1(C)CN(Cc2ccc(Cl)cc2)c2ccc(N)cc2O1. The lowest BCUT2D eigenvalue weighted by Crippen LogP contribution is -2.46. The number of nitrogens with zero attached hydrogens (tertiary/aromatic N) is 1. The molecular formula is C17H19ClN2O. The summed E-state index contributed by atoms with van der Waals surface area (Å²) in [6.45, 7) is 5.83. The van der Waals surface area contributed by atoms with Crippen molar-refractivity contribution >= 4 is 23.0 Å². The number of nitrogen functional groups attached to an aromatic ring is 1. The van der Waals surface area contributed by atoms with Crippen LogP contribution in [0.25, 0.3) is 0 Å². The lowest BCUT2D eigenvalue weighted by Gasteiger charge is -2.41. The zero-order valence-corrected chi connectivity index (χ0v) is 13.0. The van der Waals surface area contributed by atoms with Gasteiger partial charge in [-0.25, -0.2) is 0 Å². The Hall–Kier alpha value is -1.87. The summed E-state index contributed by atoms with van der Waals surface area (Å²) in [5.74, 6) is 0.847. The third kappa shape index (κ3) is 3.08. The van der Waals surface area contributed by atoms with Crippen molar-refractivity contribution in [2.45, 2.75) is 26.0 Å². The van der Waals surface area contributed by atoms with Crippen LogP contribution in [0.1, 0.15) is 19.4 Å². The molecule has 4 heteroatoms. The van der Waals surface area contributed by atoms with Crippen LogP contribution in [0.2, 0.25) is 5.02 Å². The van der Waals surface area contributed by atoms with Crippen molar-refractivity contribution in [3.63, 3.8) is 0 Å². The van der Waals surface area contributed by atoms with Gasteiger partial charge in [0.15, 0.2) is 0 Å². The molecule has 0 fully saturated rings. The first-order chi connectivity index (χ1) is 9.93. The minimum Gasteiger partial charge on any atom is -0.484 e. The second kappa shape index (κ2) is 5.15. The van der Waals surface area contributed by atoms with E-state index in [-0.39, 0.29) is 5.60 Å². The second-order valence-corrected chi connectivity index (χ2v) is 6.51. The maximum Gasteiger partial charge on any atom is 0.145 e. The second-order valence-electron chi connectivity index (χ2n) is 6.07. The van der Waals surface area contributed by atoms with Crippen LogP contribution >= 0.6 is 11.6 Å². The molecule has 1 aliphatic heterocycles. The summed E-state index contributed by atoms with van der Waals surface area (Å²) in [6, 6.07) is 13.8. The molecule has 21 heavy (non-hydrogen) atoms. The Bertz CT molecular complexity index is 652. The van der Waals surface area contributed by atoms with Gasteiger partial charge < -0.3 is 15.4 Å². The summed E-state index contributed by atoms with van der Waals surface area (Å²) in [4.78, 5) is 2.32. The highest BCUT2D eigenvalue weighted by atomic mass is 35.5. The number of anilines is 2. The smallest absolute Gasteiger partial charge is 0.145 e. The fourth-order valence-corrected chi connectivity index (χ4v) is 2.83. The van der Waals surface area contributed by atoms with E-state index < -0.39 is 0 Å². The summed E-state index contributed by atoms with van der Waals surface area (Å²) >= 11 is 5.95. The highest BCUT2D eigenvalue weighted by Crippen LogP contribution is 2.38. The molecule has 0 bridgehead atoms. The van der Waals surface area contributed by atoms with Crippen LogP contribution in [0.5, 0.6) is 5.75 Å². The van der Waals surface area contributed by atoms with Gasteiger partial charge in [-0.3, -0.25) is 0 Å². The van der Waals surface area contributed by atoms with E-state index in [9.17, 15) is 0 Å². The lowest BCUT2D eigenvalue weighted by molar-refractivity contribution is 0.104. The van der Waals surface area contributed by atoms with Gasteiger partial charge in [-0.15, -0.1) is 0 Å². The molecule has 3 rings (SSSR count). The highest BCUT2D eigenvalue weighted by molar-refractivity contribution is 6.30. The number of fused-ring (bicyclic) bond motifs is 1. The van der Waals surface area contributed by atoms with Crippen LogP contribution in [0.15, 0.2) is 42.5 Å². The number of hydrogen-bond acceptors (Lipinski definition) is 3. The van der Waals surface area contributed by atoms with Gasteiger partial charge in [-0.1, -0.05) is 23.7 Å². The van der Waals surface area contributed by atoms with E-state index in [1.807, 2.05) is 30.3 Å². The Kier molecular flexibility index (Phi) is 3.46. The van der Waals surface area contributed by atoms with Crippen molar-refractivity contribution in [3.8, 4) is 5.75 Å². The summed E-state index contributed by atoms with van der Waals surface area (Å²) in [5.41, 5.74) is 8.65. The molecule has 1 heterocycles. The van der Waals surface area contributed by atoms with E-state index in [1.54, 1.807) is 0 Å². The minimum absolute atomic E-state index is 0.243. The summed E-state index contributed by atoms with van der Waals surface area (Å²) < 4.78 is 6.04. The van der Waals surface area contributed by atoms with E-state index in [0.29, 0.717) is 0 Å². The van der Waals surface area contributed by atoms with Crippen molar-refractivity contribution < 1.29 is 4.74 Å². The van der Waals surface area contributed by atoms with E-state index in [4.69, 9.17) is 22.1 Å². The number of ether oxygens (including phenoxy) is 1. The molecule has 0 saturated heterocycles. The molecule has 1 aliphatic rings. The molecule has 2 aromatic rings. The Labute approximate surface area is 130 Å². The number of halogens is 1. The van der Waals surface area contributed by atoms with Crippen LogP contribution in [0.3, 0.4) is 0 Å². The first kappa shape index (κ1) is 14.1. The van der Waals surface area contributed by atoms with Gasteiger partial charge in [-0.05, 0) is 43.7 Å². The van der Waals surface area contributed by atoms with Gasteiger partial charge in [0.25, 0.3) is 0 Å². The average Bonchev–Trinajstić information content (AvgIpc) is 2.39. The Balaban J connectivity index is 1.93. The molecule has 0 amide bonds. The molecule has 0 aliphatic carbocycles. The Morgan fingerprint density at radius 2 is 1.90 bits per heavy atom. The summed E-state index contributed by atoms with van der Waals surface area (Å²) in [7, 11) is 0. The van der Waals surface area contributed by atoms with Crippen molar-refractivity contribution in [2.24, 2.45) is 0 Å². The van der Waals surface area contributed by atoms with Crippen molar-refractivity contribution in [2.75, 3.05) is 17.2 Å². The number of nitrogens with two attached hydrogens (primary N) is 1. The van der Waals surface area contributed by atoms with E-state index in [2.05, 4.69) is 30.9 Å². The molecule has 3 nitrogen and oxygen atoms in total. The van der Waals surface area contributed by atoms with Gasteiger partial charge in [0.05, 0.1) is 12.2 Å². The van der Waals surface area contributed by atoms with Gasteiger partial charge in [0, 0.05) is 23.3 Å². The molecule has 2 aromatic carbocycles. The third-order valence-corrected chi connectivity index (χ3v) is 3.82. The van der Waals surface area contributed by atoms with Gasteiger partial charge >= 0.3 is 0 Å². The topological polar surface area (TPSA) is 38.5 Å². The zero-order chi connectivity index (χ0) is 15.0. The first-order valence-electron chi connectivity index (χ1n) is 7.01. The largest absolute Gasteiger partial charge is 0.484 e. The van der Waals surface area contributed by atoms with E-state index >= 15 is 0 Å². The maximum absolute atomic E-state index is 6.04. The fraction of sp³-hybridized carbons (Fsp3) is 0.294. The first-order valence-corrected chi connectivity index (χ1v) is 7.39. The van der Waals surface area contributed by atoms with Crippen molar-refractivity contribution in [1.82, 2.24) is 0 Å². The molecule has 0 unspecified atom stereocenters. The predicted octanol–water partition coefficient (Wildman–Crippen LogP) is 4.10. The van der Waals surface area contributed by atoms with Gasteiger partial charge in [0.2, 0.25) is 0 Å². The summed E-state index contributed by atoms with van der Waals surface area (Å²) in [6.07, 6.45) is 0. The van der Waals surface area contributed by atoms with E-state index in [1.165, 1.54) is 5.56 Å². The monoisotopic (exact) mass is 302 g/mol. The van der Waals surface area contributed by atoms with Crippen molar-refractivity contribution in [3.05, 3.63) is 53.1 Å². The predicted molar refractivity (Wildman–Crippen MR) is 88.1 cm³/mol. The highest BCUT2D eigenvalue weighted by Gasteiger charge is 2.31. The minimum atomic E-state index is -0.243. The van der Waals surface area contributed by atoms with Crippen LogP contribution in [-0.2, 0) is 6.54 Å². The summed E-state index contributed by atoms with van der Waals surface area (Å²) in [5, 5.41) is 0.759. The molecule has 0 spiro atoms. The average molecular weight is 303 g/mol. The van der Waals surface area contributed by atoms with Crippen LogP contribution in [-0.4, -0.2) is 12.1 Å². The molecule has 0 saturated carbocycles. The van der Waals surface area contributed by atoms with Gasteiger partial charge in [0.1, 0.15) is 11.4 Å². The number of rotatable bonds is 2. The number of hydrogen-bond donors (Lipinski definition) is 1. The van der Waals surface area contributed by atoms with Gasteiger partial charge in [-0.2, -0.15) is 0 Å². The Morgan fingerprint density at radius 1 is 1.19 bits per heavy atom. The van der Waals surface area contributed by atoms with Crippen LogP contribution in [0.4, 0.5) is 11.4 Å². The number of benzene rings is 2. The molecule has 0 atom stereocenters. The quantitative estimate of drug-likeness (QED) is 0.849. The lowest BCUT2D eigenvalue weighted by atomic mass is 10.0. The zero-order valence-electron chi connectivity index (χ0n) is 12.3. The van der Waals surface area contributed by atoms with Crippen molar-refractivity contribution in [1.29, 1.82) is 0 Å². The van der Waals surface area contributed by atoms with Crippen LogP contribution < -0.4 is 15.4 Å². The molecular weight excluding hydrogens is 284 g/mol. The van der Waals surface area contributed by atoms with Crippen LogP contribution in [0, 0.1) is 0 Å². The maximum atomic E-state index is 6.04. The molecule has 2 N–H and O–H groups in total.